The first-order valence-corrected chi connectivity index (χ1v) is 14.3. The zero-order valence-electron chi connectivity index (χ0n) is 22.5. The lowest BCUT2D eigenvalue weighted by Crippen LogP contribution is -2.60. The minimum atomic E-state index is -1.84. The number of ether oxygens (including phenoxy) is 3. The highest BCUT2D eigenvalue weighted by Crippen LogP contribution is 2.65. The van der Waals surface area contributed by atoms with Crippen LogP contribution in [0.25, 0.3) is 0 Å². The first kappa shape index (κ1) is 28.9. The Bertz CT molecular complexity index is 961. The van der Waals surface area contributed by atoms with Gasteiger partial charge in [-0.15, -0.1) is 0 Å². The molecule has 0 aromatic carbocycles. The van der Waals surface area contributed by atoms with E-state index in [1.54, 1.807) is 0 Å². The predicted molar refractivity (Wildman–Crippen MR) is 132 cm³/mol. The average molecular weight is 557 g/mol. The number of hydrogen-bond acceptors (Lipinski definition) is 9. The molecule has 10 nitrogen and oxygen atoms in total. The lowest BCUT2D eigenvalue weighted by Gasteiger charge is -2.57. The van der Waals surface area contributed by atoms with Crippen molar-refractivity contribution in [1.82, 2.24) is 0 Å². The van der Waals surface area contributed by atoms with Crippen LogP contribution in [0.1, 0.15) is 65.2 Å². The monoisotopic (exact) mass is 556 g/mol. The van der Waals surface area contributed by atoms with Crippen molar-refractivity contribution in [2.75, 3.05) is 6.61 Å². The van der Waals surface area contributed by atoms with Crippen LogP contribution >= 0.6 is 0 Å². The molecule has 11 heteroatoms. The molecule has 0 aromatic rings. The summed E-state index contributed by atoms with van der Waals surface area (Å²) in [5.41, 5.74) is -0.534. The Balaban J connectivity index is 1.23. The van der Waals surface area contributed by atoms with Crippen LogP contribution in [0.4, 0.5) is 4.39 Å². The molecule has 0 amide bonds. The van der Waals surface area contributed by atoms with Crippen molar-refractivity contribution in [3.05, 3.63) is 0 Å². The normalized spacial score (nSPS) is 49.3. The fourth-order valence-corrected chi connectivity index (χ4v) is 9.15. The molecule has 5 fully saturated rings. The standard InChI is InChI=1S/C28H41FO10/c1-12(30)38-14-4-6-15-13(9-14)3-5-16-17-7-8-18(28(17,2)10-19(29)21(15)16)20(31)11-37-27-24(34)22(32)23(33)25(39-27)26(35)36/h13-19,21-25,27,32-34H,3-11H2,1-2H3,(H,35,36)/t13-,14-,15+,16+,17+,18-,19-,21-,22+,23+,24-,25+,27?,28+/m1/s1. The molecule has 39 heavy (non-hydrogen) atoms. The van der Waals surface area contributed by atoms with Crippen molar-refractivity contribution in [1.29, 1.82) is 0 Å². The minimum Gasteiger partial charge on any atom is -0.479 e. The number of aliphatic carboxylic acids is 1. The van der Waals surface area contributed by atoms with Crippen molar-refractivity contribution < 1.29 is 53.4 Å². The maximum Gasteiger partial charge on any atom is 0.335 e. The van der Waals surface area contributed by atoms with Crippen molar-refractivity contribution in [3.8, 4) is 0 Å². The average Bonchev–Trinajstić information content (AvgIpc) is 3.22. The zero-order chi connectivity index (χ0) is 28.2. The van der Waals surface area contributed by atoms with Crippen LogP contribution in [0.3, 0.4) is 0 Å². The van der Waals surface area contributed by atoms with Crippen LogP contribution < -0.4 is 0 Å². The van der Waals surface area contributed by atoms with Gasteiger partial charge in [-0.05, 0) is 86.4 Å². The first-order chi connectivity index (χ1) is 18.4. The summed E-state index contributed by atoms with van der Waals surface area (Å²) >= 11 is 0. The molecule has 0 aromatic heterocycles. The summed E-state index contributed by atoms with van der Waals surface area (Å²) < 4.78 is 32.1. The van der Waals surface area contributed by atoms with E-state index >= 15 is 4.39 Å². The van der Waals surface area contributed by atoms with Crippen LogP contribution in [0.15, 0.2) is 0 Å². The van der Waals surface area contributed by atoms with Crippen LogP contribution in [-0.2, 0) is 28.6 Å². The van der Waals surface area contributed by atoms with Gasteiger partial charge in [0.15, 0.2) is 18.2 Å². The van der Waals surface area contributed by atoms with Gasteiger partial charge in [0, 0.05) is 12.8 Å². The number of aliphatic hydroxyl groups is 3. The van der Waals surface area contributed by atoms with Gasteiger partial charge in [-0.3, -0.25) is 9.59 Å². The van der Waals surface area contributed by atoms with Crippen molar-refractivity contribution in [2.24, 2.45) is 40.9 Å². The SMILES string of the molecule is CC(=O)O[C@@H]1CC[C@H]2[C@H](CC[C@@H]3[C@@H]2[C@H](F)C[C@]2(C)[C@@H](C(=O)COC4O[C@H](C(=O)O)[C@@H](O)[C@H](O)[C@H]4O)CC[C@@H]32)C1. The molecule has 5 aliphatic rings. The number of aliphatic hydroxyl groups excluding tert-OH is 3. The molecule has 1 heterocycles. The molecule has 4 N–H and O–H groups in total. The maximum atomic E-state index is 16.1. The number of halogens is 1. The van der Waals surface area contributed by atoms with E-state index in [2.05, 4.69) is 0 Å². The Morgan fingerprint density at radius 2 is 1.69 bits per heavy atom. The third kappa shape index (κ3) is 5.14. The summed E-state index contributed by atoms with van der Waals surface area (Å²) in [6.45, 7) is 2.96. The summed E-state index contributed by atoms with van der Waals surface area (Å²) in [5, 5.41) is 39.3. The number of Topliss-reactive ketones (excluding diaryl/α,β-unsaturated/α-hetero) is 1. The highest BCUT2D eigenvalue weighted by Gasteiger charge is 2.61. The molecule has 5 rings (SSSR count). The van der Waals surface area contributed by atoms with Crippen LogP contribution in [0, 0.1) is 40.9 Å². The number of carbonyl (C=O) groups is 3. The van der Waals surface area contributed by atoms with Crippen LogP contribution in [-0.4, -0.2) is 87.7 Å². The number of fused-ring (bicyclic) bond motifs is 5. The number of carboxylic acids is 1. The second kappa shape index (κ2) is 11.0. The third-order valence-electron chi connectivity index (χ3n) is 10.8. The van der Waals surface area contributed by atoms with Gasteiger partial charge in [0.1, 0.15) is 37.2 Å². The van der Waals surface area contributed by atoms with E-state index in [0.29, 0.717) is 18.8 Å². The van der Waals surface area contributed by atoms with Gasteiger partial charge < -0.3 is 34.6 Å². The van der Waals surface area contributed by atoms with Gasteiger partial charge in [0.25, 0.3) is 0 Å². The number of esters is 1. The molecule has 0 bridgehead atoms. The largest absolute Gasteiger partial charge is 0.479 e. The molecule has 4 saturated carbocycles. The molecule has 4 aliphatic carbocycles. The molecule has 220 valence electrons. The van der Waals surface area contributed by atoms with Gasteiger partial charge in [0.05, 0.1) is 0 Å². The quantitative estimate of drug-likeness (QED) is 0.354. The summed E-state index contributed by atoms with van der Waals surface area (Å²) in [7, 11) is 0. The van der Waals surface area contributed by atoms with E-state index < -0.39 is 60.8 Å². The third-order valence-corrected chi connectivity index (χ3v) is 10.8. The zero-order valence-corrected chi connectivity index (χ0v) is 22.5. The summed E-state index contributed by atoms with van der Waals surface area (Å²) in [6, 6.07) is 0. The Hall–Kier alpha value is -1.66. The Kier molecular flexibility index (Phi) is 8.11. The summed E-state index contributed by atoms with van der Waals surface area (Å²) in [6.07, 6.45) is -3.89. The van der Waals surface area contributed by atoms with Crippen molar-refractivity contribution in [2.45, 2.75) is 108 Å². The molecule has 0 spiro atoms. The number of alkyl halides is 1. The summed E-state index contributed by atoms with van der Waals surface area (Å²) in [5.74, 6) is -1.52. The number of hydrogen-bond donors (Lipinski definition) is 4. The predicted octanol–water partition coefficient (Wildman–Crippen LogP) is 1.61. The van der Waals surface area contributed by atoms with E-state index in [9.17, 15) is 34.8 Å². The Morgan fingerprint density at radius 1 is 0.974 bits per heavy atom. The molecule has 0 radical (unpaired) electrons. The van der Waals surface area contributed by atoms with Crippen LogP contribution in [0.5, 0.6) is 0 Å². The Labute approximate surface area is 227 Å². The topological polar surface area (TPSA) is 160 Å². The fraction of sp³-hybridized carbons (Fsp3) is 0.893. The van der Waals surface area contributed by atoms with Gasteiger partial charge in [-0.25, -0.2) is 9.18 Å². The van der Waals surface area contributed by atoms with E-state index in [-0.39, 0.29) is 41.5 Å². The van der Waals surface area contributed by atoms with E-state index in [1.807, 2.05) is 6.92 Å². The maximum absolute atomic E-state index is 16.1. The second-order valence-corrected chi connectivity index (χ2v) is 12.8. The molecular formula is C28H41FO10. The Morgan fingerprint density at radius 3 is 2.38 bits per heavy atom. The van der Waals surface area contributed by atoms with Gasteiger partial charge in [-0.2, -0.15) is 0 Å². The number of carbonyl (C=O) groups excluding carboxylic acids is 2. The molecule has 14 atom stereocenters. The fourth-order valence-electron chi connectivity index (χ4n) is 9.15. The molecular weight excluding hydrogens is 515 g/mol. The lowest BCUT2D eigenvalue weighted by atomic mass is 9.49. The van der Waals surface area contributed by atoms with E-state index in [4.69, 9.17) is 14.2 Å². The molecule has 1 aliphatic heterocycles. The summed E-state index contributed by atoms with van der Waals surface area (Å²) in [4.78, 5) is 36.2. The smallest absolute Gasteiger partial charge is 0.335 e. The second-order valence-electron chi connectivity index (χ2n) is 12.8. The molecule has 1 saturated heterocycles. The van der Waals surface area contributed by atoms with E-state index in [1.165, 1.54) is 6.92 Å². The number of carboxylic acid groups (broad SMARTS) is 1. The van der Waals surface area contributed by atoms with Gasteiger partial charge >= 0.3 is 11.9 Å². The van der Waals surface area contributed by atoms with Gasteiger partial charge in [0.2, 0.25) is 0 Å². The van der Waals surface area contributed by atoms with E-state index in [0.717, 1.165) is 38.5 Å². The van der Waals surface area contributed by atoms with Crippen molar-refractivity contribution in [3.63, 3.8) is 0 Å². The van der Waals surface area contributed by atoms with Crippen LogP contribution in [0.2, 0.25) is 0 Å². The highest BCUT2D eigenvalue weighted by molar-refractivity contribution is 5.83. The van der Waals surface area contributed by atoms with Crippen molar-refractivity contribution >= 4 is 17.7 Å². The molecule has 1 unspecified atom stereocenters. The van der Waals surface area contributed by atoms with Gasteiger partial charge in [-0.1, -0.05) is 6.92 Å². The number of rotatable bonds is 6. The highest BCUT2D eigenvalue weighted by atomic mass is 19.1. The first-order valence-electron chi connectivity index (χ1n) is 14.3. The number of ketones is 1. The minimum absolute atomic E-state index is 0.0446. The lowest BCUT2D eigenvalue weighted by molar-refractivity contribution is -0.292.